The van der Waals surface area contributed by atoms with Gasteiger partial charge < -0.3 is 4.79 Å². The van der Waals surface area contributed by atoms with Gasteiger partial charge in [-0.15, -0.1) is 0 Å². The fourth-order valence-corrected chi connectivity index (χ4v) is 3.72. The zero-order valence-corrected chi connectivity index (χ0v) is 8.35. The molecule has 0 aromatic heterocycles. The fourth-order valence-electron chi connectivity index (χ4n) is 2.23. The third kappa shape index (κ3) is 1.64. The van der Waals surface area contributed by atoms with Crippen molar-refractivity contribution in [1.82, 2.24) is 0 Å². The Morgan fingerprint density at radius 1 is 1.15 bits per heavy atom. The minimum Gasteiger partial charge on any atom is -0.303 e. The highest BCUT2D eigenvalue weighted by Gasteiger charge is 2.50. The molecule has 1 aliphatic heterocycles. The zero-order chi connectivity index (χ0) is 9.53. The van der Waals surface area contributed by atoms with Gasteiger partial charge in [-0.25, -0.2) is 8.42 Å². The van der Waals surface area contributed by atoms with E-state index in [2.05, 4.69) is 0 Å². The first-order chi connectivity index (χ1) is 6.08. The van der Waals surface area contributed by atoms with Crippen molar-refractivity contribution in [2.45, 2.75) is 25.7 Å². The molecular weight excluding hydrogens is 188 g/mol. The highest BCUT2D eigenvalue weighted by molar-refractivity contribution is 7.91. The molecule has 2 rings (SSSR count). The van der Waals surface area contributed by atoms with Crippen LogP contribution in [0.15, 0.2) is 0 Å². The van der Waals surface area contributed by atoms with Crippen LogP contribution >= 0.6 is 0 Å². The molecule has 0 spiro atoms. The van der Waals surface area contributed by atoms with Gasteiger partial charge >= 0.3 is 0 Å². The zero-order valence-electron chi connectivity index (χ0n) is 7.53. The van der Waals surface area contributed by atoms with Gasteiger partial charge in [0.15, 0.2) is 0 Å². The Balaban J connectivity index is 2.03. The minimum absolute atomic E-state index is 0.115. The van der Waals surface area contributed by atoms with Crippen molar-refractivity contribution in [3.8, 4) is 0 Å². The summed E-state index contributed by atoms with van der Waals surface area (Å²) in [5.41, 5.74) is -0.115. The van der Waals surface area contributed by atoms with Gasteiger partial charge in [-0.2, -0.15) is 0 Å². The summed E-state index contributed by atoms with van der Waals surface area (Å²) in [6, 6.07) is 0. The van der Waals surface area contributed by atoms with Crippen LogP contribution in [-0.2, 0) is 14.6 Å². The lowest BCUT2D eigenvalue weighted by atomic mass is 9.86. The molecule has 3 nitrogen and oxygen atoms in total. The first-order valence-electron chi connectivity index (χ1n) is 4.75. The van der Waals surface area contributed by atoms with Crippen LogP contribution in [0.25, 0.3) is 0 Å². The largest absolute Gasteiger partial charge is 0.303 e. The summed E-state index contributed by atoms with van der Waals surface area (Å²) in [5.74, 6) is 0.911. The molecule has 0 N–H and O–H groups in total. The third-order valence-corrected chi connectivity index (χ3v) is 5.15. The number of hydrogen-bond acceptors (Lipinski definition) is 3. The summed E-state index contributed by atoms with van der Waals surface area (Å²) in [5, 5.41) is 0. The summed E-state index contributed by atoms with van der Waals surface area (Å²) in [6.45, 7) is 0. The van der Waals surface area contributed by atoms with E-state index in [1.54, 1.807) is 0 Å². The summed E-state index contributed by atoms with van der Waals surface area (Å²) >= 11 is 0. The smallest absolute Gasteiger partial charge is 0.150 e. The second-order valence-corrected chi connectivity index (χ2v) is 6.58. The van der Waals surface area contributed by atoms with Crippen molar-refractivity contribution in [2.75, 3.05) is 11.5 Å². The van der Waals surface area contributed by atoms with Gasteiger partial charge in [0.1, 0.15) is 16.1 Å². The lowest BCUT2D eigenvalue weighted by molar-refractivity contribution is -0.114. The number of hydrogen-bond donors (Lipinski definition) is 0. The SMILES string of the molecule is O=CC1(C2CCS(=O)(=O)CC2)CC1. The fraction of sp³-hybridized carbons (Fsp3) is 0.889. The Bertz CT molecular complexity index is 300. The van der Waals surface area contributed by atoms with E-state index < -0.39 is 9.84 Å². The van der Waals surface area contributed by atoms with Crippen LogP contribution in [0, 0.1) is 11.3 Å². The first kappa shape index (κ1) is 9.19. The molecule has 13 heavy (non-hydrogen) atoms. The van der Waals surface area contributed by atoms with E-state index in [1.165, 1.54) is 0 Å². The van der Waals surface area contributed by atoms with Crippen molar-refractivity contribution >= 4 is 16.1 Å². The monoisotopic (exact) mass is 202 g/mol. The van der Waals surface area contributed by atoms with Gasteiger partial charge in [0, 0.05) is 5.41 Å². The first-order valence-corrected chi connectivity index (χ1v) is 6.57. The molecule has 0 atom stereocenters. The van der Waals surface area contributed by atoms with Crippen molar-refractivity contribution in [1.29, 1.82) is 0 Å². The highest BCUT2D eigenvalue weighted by Crippen LogP contribution is 2.53. The molecule has 0 aromatic carbocycles. The summed E-state index contributed by atoms with van der Waals surface area (Å²) < 4.78 is 22.3. The Morgan fingerprint density at radius 3 is 2.08 bits per heavy atom. The predicted molar refractivity (Wildman–Crippen MR) is 49.1 cm³/mol. The number of carbonyl (C=O) groups is 1. The molecular formula is C9H14O3S. The Morgan fingerprint density at radius 2 is 1.69 bits per heavy atom. The molecule has 0 unspecified atom stereocenters. The topological polar surface area (TPSA) is 51.2 Å². The van der Waals surface area contributed by atoms with E-state index in [4.69, 9.17) is 0 Å². The van der Waals surface area contributed by atoms with Gasteiger partial charge in [0.2, 0.25) is 0 Å². The van der Waals surface area contributed by atoms with Crippen LogP contribution < -0.4 is 0 Å². The van der Waals surface area contributed by atoms with Gasteiger partial charge in [0.25, 0.3) is 0 Å². The van der Waals surface area contributed by atoms with Crippen LogP contribution in [0.1, 0.15) is 25.7 Å². The van der Waals surface area contributed by atoms with Gasteiger partial charge in [-0.3, -0.25) is 0 Å². The predicted octanol–water partition coefficient (Wildman–Crippen LogP) is 0.790. The maximum atomic E-state index is 11.1. The third-order valence-electron chi connectivity index (χ3n) is 3.43. The number of aldehydes is 1. The molecule has 1 aliphatic carbocycles. The van der Waals surface area contributed by atoms with E-state index in [1.807, 2.05) is 0 Å². The second-order valence-electron chi connectivity index (χ2n) is 4.28. The van der Waals surface area contributed by atoms with Crippen LogP contribution in [0.3, 0.4) is 0 Å². The normalized spacial score (nSPS) is 31.1. The lowest BCUT2D eigenvalue weighted by Gasteiger charge is -2.26. The number of carbonyl (C=O) groups excluding carboxylic acids is 1. The molecule has 0 bridgehead atoms. The van der Waals surface area contributed by atoms with Crippen LogP contribution in [0.5, 0.6) is 0 Å². The quantitative estimate of drug-likeness (QED) is 0.622. The average Bonchev–Trinajstić information content (AvgIpc) is 2.85. The van der Waals surface area contributed by atoms with Crippen molar-refractivity contribution in [3.63, 3.8) is 0 Å². The average molecular weight is 202 g/mol. The van der Waals surface area contributed by atoms with Gasteiger partial charge in [-0.05, 0) is 31.6 Å². The van der Waals surface area contributed by atoms with Crippen LogP contribution in [-0.4, -0.2) is 26.2 Å². The molecule has 0 radical (unpaired) electrons. The Labute approximate surface area is 78.4 Å². The molecule has 4 heteroatoms. The van der Waals surface area contributed by atoms with Gasteiger partial charge in [-0.1, -0.05) is 0 Å². The van der Waals surface area contributed by atoms with E-state index in [-0.39, 0.29) is 16.9 Å². The minimum atomic E-state index is -2.77. The van der Waals surface area contributed by atoms with E-state index >= 15 is 0 Å². The summed E-state index contributed by atoms with van der Waals surface area (Å²) in [7, 11) is -2.77. The molecule has 0 amide bonds. The summed E-state index contributed by atoms with van der Waals surface area (Å²) in [4.78, 5) is 10.8. The van der Waals surface area contributed by atoms with Crippen LogP contribution in [0.4, 0.5) is 0 Å². The van der Waals surface area contributed by atoms with Gasteiger partial charge in [0.05, 0.1) is 11.5 Å². The molecule has 0 aromatic rings. The Kier molecular flexibility index (Phi) is 1.98. The molecule has 74 valence electrons. The van der Waals surface area contributed by atoms with Crippen molar-refractivity contribution in [3.05, 3.63) is 0 Å². The maximum absolute atomic E-state index is 11.1. The van der Waals surface area contributed by atoms with E-state index in [0.29, 0.717) is 18.8 Å². The number of rotatable bonds is 2. The van der Waals surface area contributed by atoms with Crippen molar-refractivity contribution < 1.29 is 13.2 Å². The number of sulfone groups is 1. The molecule has 2 aliphatic rings. The second kappa shape index (κ2) is 2.80. The standard InChI is InChI=1S/C9H14O3S/c10-7-9(3-4-9)8-1-5-13(11,12)6-2-8/h7-8H,1-6H2. The molecule has 1 heterocycles. The molecule has 2 fully saturated rings. The van der Waals surface area contributed by atoms with Crippen molar-refractivity contribution in [2.24, 2.45) is 11.3 Å². The van der Waals surface area contributed by atoms with E-state index in [0.717, 1.165) is 19.1 Å². The molecule has 1 saturated heterocycles. The molecule has 1 saturated carbocycles. The summed E-state index contributed by atoms with van der Waals surface area (Å²) in [6.07, 6.45) is 4.39. The lowest BCUT2D eigenvalue weighted by Crippen LogP contribution is -2.29. The van der Waals surface area contributed by atoms with Crippen LogP contribution in [0.2, 0.25) is 0 Å². The van der Waals surface area contributed by atoms with E-state index in [9.17, 15) is 13.2 Å². The Hall–Kier alpha value is -0.380. The highest BCUT2D eigenvalue weighted by atomic mass is 32.2. The maximum Gasteiger partial charge on any atom is 0.150 e.